The summed E-state index contributed by atoms with van der Waals surface area (Å²) in [5.41, 5.74) is 0. The van der Waals surface area contributed by atoms with E-state index in [1.54, 1.807) is 0 Å². The van der Waals surface area contributed by atoms with Crippen molar-refractivity contribution in [1.82, 2.24) is 0 Å². The molecule has 0 aliphatic rings. The molecule has 0 amide bonds. The molecule has 0 saturated carbocycles. The van der Waals surface area contributed by atoms with Crippen LogP contribution in [0.15, 0.2) is 0 Å². The first-order chi connectivity index (χ1) is 42.2. The maximum atomic E-state index is 13.0. The van der Waals surface area contributed by atoms with Gasteiger partial charge in [-0.1, -0.05) is 287 Å². The van der Waals surface area contributed by atoms with Gasteiger partial charge in [0.2, 0.25) is 0 Å². The van der Waals surface area contributed by atoms with Crippen molar-refractivity contribution in [2.24, 2.45) is 23.7 Å². The molecular formula is C69H134O17P2. The van der Waals surface area contributed by atoms with Gasteiger partial charge in [-0.15, -0.1) is 0 Å². The fraction of sp³-hybridized carbons (Fsp3) is 0.942. The summed E-state index contributed by atoms with van der Waals surface area (Å²) in [5, 5.41) is 10.6. The number of hydrogen-bond acceptors (Lipinski definition) is 15. The molecule has 7 atom stereocenters. The van der Waals surface area contributed by atoms with Crippen LogP contribution in [-0.2, 0) is 65.4 Å². The molecule has 5 unspecified atom stereocenters. The Morgan fingerprint density at radius 1 is 0.318 bits per heavy atom. The van der Waals surface area contributed by atoms with Crippen molar-refractivity contribution in [1.29, 1.82) is 0 Å². The number of aliphatic hydroxyl groups excluding tert-OH is 1. The highest BCUT2D eigenvalue weighted by Crippen LogP contribution is 2.45. The van der Waals surface area contributed by atoms with E-state index in [4.69, 9.17) is 37.0 Å². The Kier molecular flexibility index (Phi) is 57.6. The van der Waals surface area contributed by atoms with Crippen molar-refractivity contribution in [2.45, 2.75) is 356 Å². The highest BCUT2D eigenvalue weighted by atomic mass is 31.2. The number of aliphatic hydroxyl groups is 1. The highest BCUT2D eigenvalue weighted by Gasteiger charge is 2.30. The molecule has 522 valence electrons. The van der Waals surface area contributed by atoms with Gasteiger partial charge >= 0.3 is 39.5 Å². The van der Waals surface area contributed by atoms with Crippen molar-refractivity contribution in [3.8, 4) is 0 Å². The highest BCUT2D eigenvalue weighted by molar-refractivity contribution is 7.47. The van der Waals surface area contributed by atoms with E-state index in [0.717, 1.165) is 114 Å². The summed E-state index contributed by atoms with van der Waals surface area (Å²) in [6.07, 6.45) is 40.3. The van der Waals surface area contributed by atoms with Crippen LogP contribution in [0.5, 0.6) is 0 Å². The topological polar surface area (TPSA) is 237 Å². The molecule has 17 nitrogen and oxygen atoms in total. The minimum absolute atomic E-state index is 0.102. The lowest BCUT2D eigenvalue weighted by Gasteiger charge is -2.21. The number of rotatable bonds is 66. The molecule has 0 radical (unpaired) electrons. The van der Waals surface area contributed by atoms with Gasteiger partial charge in [-0.25, -0.2) is 9.13 Å². The van der Waals surface area contributed by atoms with E-state index in [2.05, 4.69) is 55.4 Å². The molecule has 0 heterocycles. The summed E-state index contributed by atoms with van der Waals surface area (Å²) in [6.45, 7) is 14.1. The van der Waals surface area contributed by atoms with Crippen molar-refractivity contribution < 1.29 is 80.2 Å². The van der Waals surface area contributed by atoms with E-state index in [9.17, 15) is 43.2 Å². The Labute approximate surface area is 537 Å². The number of hydrogen-bond donors (Lipinski definition) is 3. The zero-order valence-electron chi connectivity index (χ0n) is 57.3. The Morgan fingerprint density at radius 2 is 0.545 bits per heavy atom. The molecule has 0 rings (SSSR count). The van der Waals surface area contributed by atoms with Gasteiger partial charge < -0.3 is 33.8 Å². The van der Waals surface area contributed by atoms with Crippen LogP contribution < -0.4 is 0 Å². The molecule has 0 spiro atoms. The smallest absolute Gasteiger partial charge is 0.462 e. The molecule has 0 aromatic rings. The lowest BCUT2D eigenvalue weighted by atomic mass is 9.99. The van der Waals surface area contributed by atoms with Crippen LogP contribution in [-0.4, -0.2) is 96.7 Å². The minimum Gasteiger partial charge on any atom is -0.462 e. The Morgan fingerprint density at radius 3 is 0.807 bits per heavy atom. The molecule has 0 aliphatic heterocycles. The monoisotopic (exact) mass is 1300 g/mol. The second-order valence-electron chi connectivity index (χ2n) is 26.4. The van der Waals surface area contributed by atoms with Crippen LogP contribution in [0.4, 0.5) is 0 Å². The van der Waals surface area contributed by atoms with E-state index in [1.807, 2.05) is 0 Å². The molecule has 0 fully saturated rings. The molecule has 0 aromatic heterocycles. The van der Waals surface area contributed by atoms with Gasteiger partial charge in [0, 0.05) is 25.7 Å². The maximum Gasteiger partial charge on any atom is 0.472 e. The molecule has 0 aliphatic carbocycles. The SMILES string of the molecule is CCC(C)CCCCCCCCCCCCC(=O)OC[C@H](COP(=O)(O)OCC(O)COP(=O)(O)OC[C@@H](COC(=O)CCCCCCCCCC(C)C)OC(=O)CCCCCCCCC(C)CC)OC(=O)CCCCCCCCCCCCCC(C)C. The molecule has 0 aromatic carbocycles. The summed E-state index contributed by atoms with van der Waals surface area (Å²) in [7, 11) is -9.90. The number of phosphoric ester groups is 2. The zero-order chi connectivity index (χ0) is 65.4. The Balaban J connectivity index is 5.26. The summed E-state index contributed by atoms with van der Waals surface area (Å²) in [4.78, 5) is 72.5. The molecular weight excluding hydrogens is 1160 g/mol. The van der Waals surface area contributed by atoms with Crippen molar-refractivity contribution in [3.05, 3.63) is 0 Å². The lowest BCUT2D eigenvalue weighted by Crippen LogP contribution is -2.30. The van der Waals surface area contributed by atoms with Crippen molar-refractivity contribution in [3.63, 3.8) is 0 Å². The van der Waals surface area contributed by atoms with Crippen LogP contribution in [0.1, 0.15) is 338 Å². The first-order valence-electron chi connectivity index (χ1n) is 35.8. The van der Waals surface area contributed by atoms with Crippen LogP contribution >= 0.6 is 15.6 Å². The van der Waals surface area contributed by atoms with Gasteiger partial charge in [0.05, 0.1) is 26.4 Å². The molecule has 0 bridgehead atoms. The number of carbonyl (C=O) groups excluding carboxylic acids is 4. The number of unbranched alkanes of at least 4 members (excludes halogenated alkanes) is 30. The van der Waals surface area contributed by atoms with E-state index in [-0.39, 0.29) is 25.7 Å². The Bertz CT molecular complexity index is 1750. The standard InChI is InChI=1S/C69H134O17P2/c1-9-61(7)47-39-31-23-17-14-15-18-24-33-41-49-66(71)79-55-64(85-68(73)51-43-35-25-19-13-11-12-16-21-29-37-45-59(3)4)57-83-87(75,76)81-53-63(70)54-82-88(77,78)84-58-65(86-69(74)52-44-36-28-27-32-40-48-62(8)10-2)56-80-67(72)50-42-34-26-20-22-30-38-46-60(5)6/h59-65,70H,9-58H2,1-8H3,(H,75,76)(H,77,78)/t61?,62?,63?,64-,65-/m1/s1. The van der Waals surface area contributed by atoms with Gasteiger partial charge in [-0.3, -0.25) is 37.3 Å². The predicted molar refractivity (Wildman–Crippen MR) is 354 cm³/mol. The second kappa shape index (κ2) is 58.8. The van der Waals surface area contributed by atoms with Crippen molar-refractivity contribution in [2.75, 3.05) is 39.6 Å². The quantitative estimate of drug-likeness (QED) is 0.0222. The van der Waals surface area contributed by atoms with Crippen LogP contribution in [0.3, 0.4) is 0 Å². The van der Waals surface area contributed by atoms with Gasteiger partial charge in [0.15, 0.2) is 12.2 Å². The molecule has 3 N–H and O–H groups in total. The van der Waals surface area contributed by atoms with E-state index >= 15 is 0 Å². The van der Waals surface area contributed by atoms with E-state index < -0.39 is 97.5 Å². The van der Waals surface area contributed by atoms with E-state index in [1.165, 1.54) is 135 Å². The van der Waals surface area contributed by atoms with Gasteiger partial charge in [-0.05, 0) is 49.4 Å². The summed E-state index contributed by atoms with van der Waals surface area (Å²) in [6, 6.07) is 0. The molecule has 0 saturated heterocycles. The number of ether oxygens (including phenoxy) is 4. The van der Waals surface area contributed by atoms with Crippen LogP contribution in [0.2, 0.25) is 0 Å². The third-order valence-corrected chi connectivity index (χ3v) is 18.4. The zero-order valence-corrected chi connectivity index (χ0v) is 59.1. The van der Waals surface area contributed by atoms with Gasteiger partial charge in [-0.2, -0.15) is 0 Å². The second-order valence-corrected chi connectivity index (χ2v) is 29.3. The third-order valence-electron chi connectivity index (χ3n) is 16.5. The third kappa shape index (κ3) is 60.3. The first-order valence-corrected chi connectivity index (χ1v) is 38.8. The predicted octanol–water partition coefficient (Wildman–Crippen LogP) is 19.3. The summed E-state index contributed by atoms with van der Waals surface area (Å²) >= 11 is 0. The summed E-state index contributed by atoms with van der Waals surface area (Å²) in [5.74, 6) is 0.866. The number of phosphoric acid groups is 2. The maximum absolute atomic E-state index is 13.0. The fourth-order valence-electron chi connectivity index (χ4n) is 10.2. The fourth-order valence-corrected chi connectivity index (χ4v) is 11.8. The van der Waals surface area contributed by atoms with Gasteiger partial charge in [0.1, 0.15) is 19.3 Å². The van der Waals surface area contributed by atoms with Crippen LogP contribution in [0, 0.1) is 23.7 Å². The van der Waals surface area contributed by atoms with Crippen LogP contribution in [0.25, 0.3) is 0 Å². The number of carbonyl (C=O) groups is 4. The normalized spacial score (nSPS) is 14.9. The average Bonchev–Trinajstić information content (AvgIpc) is 3.54. The summed E-state index contributed by atoms with van der Waals surface area (Å²) < 4.78 is 68.2. The van der Waals surface area contributed by atoms with Crippen molar-refractivity contribution >= 4 is 39.5 Å². The van der Waals surface area contributed by atoms with E-state index in [0.29, 0.717) is 31.6 Å². The lowest BCUT2D eigenvalue weighted by molar-refractivity contribution is -0.161. The molecule has 88 heavy (non-hydrogen) atoms. The first kappa shape index (κ1) is 86.1. The Hall–Kier alpha value is -1.94. The average molecular weight is 1300 g/mol. The minimum atomic E-state index is -4.95. The largest absolute Gasteiger partial charge is 0.472 e. The number of esters is 4. The van der Waals surface area contributed by atoms with Gasteiger partial charge in [0.25, 0.3) is 0 Å². The molecule has 19 heteroatoms.